The highest BCUT2D eigenvalue weighted by molar-refractivity contribution is 7.99. The summed E-state index contributed by atoms with van der Waals surface area (Å²) in [6.07, 6.45) is 1.28. The number of nitrogen functional groups attached to an aromatic ring is 1. The van der Waals surface area contributed by atoms with E-state index in [1.165, 1.54) is 16.4 Å². The summed E-state index contributed by atoms with van der Waals surface area (Å²) < 4.78 is 6.47. The van der Waals surface area contributed by atoms with Crippen LogP contribution in [-0.2, 0) is 14.3 Å². The highest BCUT2D eigenvalue weighted by Gasteiger charge is 2.28. The number of rotatable bonds is 6. The fourth-order valence-corrected chi connectivity index (χ4v) is 3.88. The van der Waals surface area contributed by atoms with Crippen LogP contribution < -0.4 is 5.84 Å². The molecule has 0 aliphatic carbocycles. The van der Waals surface area contributed by atoms with Gasteiger partial charge in [0.15, 0.2) is 5.82 Å². The van der Waals surface area contributed by atoms with Crippen molar-refractivity contribution in [3.63, 3.8) is 0 Å². The normalized spacial score (nSPS) is 14.9. The van der Waals surface area contributed by atoms with Gasteiger partial charge in [0.2, 0.25) is 11.1 Å². The number of nitrogens with zero attached hydrogens (tertiary/aromatic N) is 4. The van der Waals surface area contributed by atoms with Crippen LogP contribution in [-0.4, -0.2) is 57.1 Å². The number of aromatic nitrogens is 3. The summed E-state index contributed by atoms with van der Waals surface area (Å²) in [4.78, 5) is 26.1. The Morgan fingerprint density at radius 2 is 1.89 bits per heavy atom. The topological polar surface area (TPSA) is 103 Å². The molecule has 8 nitrogen and oxygen atoms in total. The van der Waals surface area contributed by atoms with Crippen LogP contribution in [0, 0.1) is 12.8 Å². The minimum Gasteiger partial charge on any atom is -0.466 e. The molecule has 1 amide bonds. The van der Waals surface area contributed by atoms with Crippen LogP contribution in [0.5, 0.6) is 0 Å². The van der Waals surface area contributed by atoms with Gasteiger partial charge in [-0.05, 0) is 26.7 Å². The number of likely N-dealkylation sites (tertiary alicyclic amines) is 1. The third-order valence-electron chi connectivity index (χ3n) is 4.77. The van der Waals surface area contributed by atoms with Gasteiger partial charge in [0.25, 0.3) is 0 Å². The van der Waals surface area contributed by atoms with Crippen molar-refractivity contribution in [2.45, 2.75) is 31.8 Å². The number of hydrogen-bond acceptors (Lipinski definition) is 7. The molecule has 0 saturated carbocycles. The number of carbonyl (C=O) groups is 2. The minimum atomic E-state index is -0.163. The van der Waals surface area contributed by atoms with Gasteiger partial charge in [-0.2, -0.15) is 0 Å². The van der Waals surface area contributed by atoms with Crippen molar-refractivity contribution in [2.24, 2.45) is 5.92 Å². The van der Waals surface area contributed by atoms with E-state index in [1.54, 1.807) is 11.8 Å². The van der Waals surface area contributed by atoms with Crippen molar-refractivity contribution >= 4 is 23.6 Å². The molecular formula is C19H25N5O3S. The van der Waals surface area contributed by atoms with Crippen molar-refractivity contribution in [3.8, 4) is 11.4 Å². The lowest BCUT2D eigenvalue weighted by Gasteiger charge is -2.30. The fraction of sp³-hybridized carbons (Fsp3) is 0.474. The highest BCUT2D eigenvalue weighted by Crippen LogP contribution is 2.23. The number of carbonyl (C=O) groups excluding carboxylic acids is 2. The average Bonchev–Trinajstić information content (AvgIpc) is 3.07. The van der Waals surface area contributed by atoms with Gasteiger partial charge < -0.3 is 15.5 Å². The molecule has 28 heavy (non-hydrogen) atoms. The third kappa shape index (κ3) is 4.64. The lowest BCUT2D eigenvalue weighted by molar-refractivity contribution is -0.151. The maximum absolute atomic E-state index is 12.5. The zero-order valence-electron chi connectivity index (χ0n) is 16.1. The number of hydrogen-bond donors (Lipinski definition) is 1. The quantitative estimate of drug-likeness (QED) is 0.446. The molecule has 1 aliphatic heterocycles. The van der Waals surface area contributed by atoms with E-state index in [4.69, 9.17) is 10.6 Å². The van der Waals surface area contributed by atoms with Gasteiger partial charge in [-0.3, -0.25) is 9.59 Å². The van der Waals surface area contributed by atoms with Crippen LogP contribution >= 0.6 is 11.8 Å². The molecule has 0 bridgehead atoms. The number of benzene rings is 1. The van der Waals surface area contributed by atoms with Crippen LogP contribution in [0.3, 0.4) is 0 Å². The van der Waals surface area contributed by atoms with Crippen LogP contribution in [0.2, 0.25) is 0 Å². The minimum absolute atomic E-state index is 0.00666. The lowest BCUT2D eigenvalue weighted by Crippen LogP contribution is -2.41. The maximum atomic E-state index is 12.5. The molecule has 0 spiro atoms. The van der Waals surface area contributed by atoms with Crippen LogP contribution in [0.15, 0.2) is 29.4 Å². The molecule has 2 heterocycles. The Morgan fingerprint density at radius 1 is 1.21 bits per heavy atom. The maximum Gasteiger partial charge on any atom is 0.309 e. The van der Waals surface area contributed by atoms with Gasteiger partial charge >= 0.3 is 5.97 Å². The van der Waals surface area contributed by atoms with E-state index in [0.717, 1.165) is 11.1 Å². The second-order valence-electron chi connectivity index (χ2n) is 6.74. The number of esters is 1. The largest absolute Gasteiger partial charge is 0.466 e. The van der Waals surface area contributed by atoms with Gasteiger partial charge in [0.1, 0.15) is 0 Å². The Hall–Kier alpha value is -2.55. The highest BCUT2D eigenvalue weighted by atomic mass is 32.2. The van der Waals surface area contributed by atoms with Crippen molar-refractivity contribution in [1.82, 2.24) is 19.8 Å². The summed E-state index contributed by atoms with van der Waals surface area (Å²) in [5.74, 6) is 6.64. The van der Waals surface area contributed by atoms with Gasteiger partial charge in [-0.25, -0.2) is 4.68 Å². The zero-order chi connectivity index (χ0) is 20.1. The third-order valence-corrected chi connectivity index (χ3v) is 5.69. The fourth-order valence-electron chi connectivity index (χ4n) is 3.12. The summed E-state index contributed by atoms with van der Waals surface area (Å²) in [7, 11) is 0. The standard InChI is InChI=1S/C19H25N5O3S/c1-3-27-18(26)15-8-10-23(11-9-15)16(25)12-28-19-22-21-17(24(19)20)14-6-4-13(2)5-7-14/h4-7,15H,3,8-12,20H2,1-2H3. The zero-order valence-corrected chi connectivity index (χ0v) is 16.9. The molecule has 1 aromatic carbocycles. The molecule has 1 saturated heterocycles. The summed E-state index contributed by atoms with van der Waals surface area (Å²) in [5.41, 5.74) is 2.03. The second kappa shape index (κ2) is 9.09. The van der Waals surface area contributed by atoms with Gasteiger partial charge in [0.05, 0.1) is 18.3 Å². The molecule has 150 valence electrons. The lowest BCUT2D eigenvalue weighted by atomic mass is 9.97. The molecule has 0 atom stereocenters. The monoisotopic (exact) mass is 403 g/mol. The Morgan fingerprint density at radius 3 is 2.54 bits per heavy atom. The molecule has 0 radical (unpaired) electrons. The molecule has 2 N–H and O–H groups in total. The number of ether oxygens (including phenoxy) is 1. The van der Waals surface area contributed by atoms with E-state index in [1.807, 2.05) is 31.2 Å². The Bertz CT molecular complexity index is 829. The number of nitrogens with two attached hydrogens (primary N) is 1. The average molecular weight is 404 g/mol. The SMILES string of the molecule is CCOC(=O)C1CCN(C(=O)CSc2nnc(-c3ccc(C)cc3)n2N)CC1. The van der Waals surface area contributed by atoms with Gasteiger partial charge in [-0.1, -0.05) is 41.6 Å². The number of piperidine rings is 1. The van der Waals surface area contributed by atoms with Gasteiger partial charge in [-0.15, -0.1) is 10.2 Å². The molecule has 9 heteroatoms. The van der Waals surface area contributed by atoms with Gasteiger partial charge in [0, 0.05) is 18.7 Å². The summed E-state index contributed by atoms with van der Waals surface area (Å²) in [5, 5.41) is 8.74. The molecule has 3 rings (SSSR count). The molecule has 1 fully saturated rings. The predicted molar refractivity (Wildman–Crippen MR) is 107 cm³/mol. The van der Waals surface area contributed by atoms with E-state index in [9.17, 15) is 9.59 Å². The first-order valence-electron chi connectivity index (χ1n) is 9.34. The summed E-state index contributed by atoms with van der Waals surface area (Å²) in [6.45, 7) is 5.33. The van der Waals surface area contributed by atoms with Crippen LogP contribution in [0.4, 0.5) is 0 Å². The van der Waals surface area contributed by atoms with E-state index in [0.29, 0.717) is 43.5 Å². The summed E-state index contributed by atoms with van der Waals surface area (Å²) in [6, 6.07) is 7.85. The smallest absolute Gasteiger partial charge is 0.309 e. The van der Waals surface area contributed by atoms with Crippen molar-refractivity contribution in [2.75, 3.05) is 31.3 Å². The van der Waals surface area contributed by atoms with Crippen LogP contribution in [0.25, 0.3) is 11.4 Å². The molecule has 0 unspecified atom stereocenters. The molecule has 1 aliphatic rings. The van der Waals surface area contributed by atoms with Crippen molar-refractivity contribution < 1.29 is 14.3 Å². The Balaban J connectivity index is 1.53. The van der Waals surface area contributed by atoms with Crippen molar-refractivity contribution in [1.29, 1.82) is 0 Å². The number of amides is 1. The Kier molecular flexibility index (Phi) is 6.56. The first-order chi connectivity index (χ1) is 13.5. The predicted octanol–water partition coefficient (Wildman–Crippen LogP) is 1.86. The van der Waals surface area contributed by atoms with E-state index in [-0.39, 0.29) is 23.5 Å². The van der Waals surface area contributed by atoms with Crippen LogP contribution in [0.1, 0.15) is 25.3 Å². The first kappa shape index (κ1) is 20.2. The molecule has 2 aromatic rings. The van der Waals surface area contributed by atoms with E-state index >= 15 is 0 Å². The molecular weight excluding hydrogens is 378 g/mol. The van der Waals surface area contributed by atoms with E-state index < -0.39 is 0 Å². The summed E-state index contributed by atoms with van der Waals surface area (Å²) >= 11 is 1.26. The second-order valence-corrected chi connectivity index (χ2v) is 7.68. The first-order valence-corrected chi connectivity index (χ1v) is 10.3. The number of thioether (sulfide) groups is 1. The number of aryl methyl sites for hydroxylation is 1. The van der Waals surface area contributed by atoms with E-state index in [2.05, 4.69) is 10.2 Å². The van der Waals surface area contributed by atoms with Crippen molar-refractivity contribution in [3.05, 3.63) is 29.8 Å². The Labute approximate surface area is 168 Å². The molecule has 1 aromatic heterocycles.